The minimum atomic E-state index is -0.891. The molecular weight excluding hydrogens is 283 g/mol. The first-order chi connectivity index (χ1) is 10.0. The Morgan fingerprint density at radius 2 is 1.90 bits per heavy atom. The van der Waals surface area contributed by atoms with E-state index >= 15 is 0 Å². The molecule has 0 saturated carbocycles. The number of thiophene rings is 1. The molecule has 3 aromatic rings. The van der Waals surface area contributed by atoms with Gasteiger partial charge < -0.3 is 5.11 Å². The van der Waals surface area contributed by atoms with E-state index in [-0.39, 0.29) is 5.82 Å². The van der Waals surface area contributed by atoms with Crippen molar-refractivity contribution in [1.29, 1.82) is 0 Å². The number of fused-ring (bicyclic) bond motifs is 1. The summed E-state index contributed by atoms with van der Waals surface area (Å²) in [6.07, 6.45) is 1.00. The highest BCUT2D eigenvalue weighted by Crippen LogP contribution is 2.29. The van der Waals surface area contributed by atoms with Crippen molar-refractivity contribution in [3.63, 3.8) is 0 Å². The van der Waals surface area contributed by atoms with Gasteiger partial charge in [0.25, 0.3) is 0 Å². The molecule has 1 N–H and O–H groups in total. The molecule has 0 aliphatic carbocycles. The van der Waals surface area contributed by atoms with Crippen molar-refractivity contribution < 1.29 is 9.50 Å². The molecule has 1 atom stereocenters. The molecule has 1 nitrogen and oxygen atoms in total. The van der Waals surface area contributed by atoms with Gasteiger partial charge in [0.05, 0.1) is 5.60 Å². The first-order valence-corrected chi connectivity index (χ1v) is 7.83. The van der Waals surface area contributed by atoms with Gasteiger partial charge in [0.2, 0.25) is 0 Å². The maximum absolute atomic E-state index is 13.2. The molecule has 3 heteroatoms. The molecule has 0 bridgehead atoms. The van der Waals surface area contributed by atoms with Crippen LogP contribution in [0.3, 0.4) is 0 Å². The molecular formula is C18H17FOS. The molecule has 0 radical (unpaired) electrons. The Morgan fingerprint density at radius 1 is 1.10 bits per heavy atom. The number of aliphatic hydroxyl groups is 1. The van der Waals surface area contributed by atoms with E-state index < -0.39 is 5.60 Å². The molecule has 108 valence electrons. The van der Waals surface area contributed by atoms with Crippen molar-refractivity contribution >= 4 is 21.4 Å². The molecule has 1 unspecified atom stereocenters. The molecule has 3 rings (SSSR count). The number of hydrogen-bond acceptors (Lipinski definition) is 2. The lowest BCUT2D eigenvalue weighted by Gasteiger charge is -2.23. The summed E-state index contributed by atoms with van der Waals surface area (Å²) in [7, 11) is 0. The van der Waals surface area contributed by atoms with Crippen LogP contribution in [0, 0.1) is 5.82 Å². The molecule has 0 amide bonds. The monoisotopic (exact) mass is 300 g/mol. The minimum Gasteiger partial charge on any atom is -0.389 e. The average Bonchev–Trinajstić information content (AvgIpc) is 2.81. The lowest BCUT2D eigenvalue weighted by atomic mass is 9.89. The predicted octanol–water partition coefficient (Wildman–Crippen LogP) is 4.58. The number of hydrogen-bond donors (Lipinski definition) is 1. The van der Waals surface area contributed by atoms with Crippen LogP contribution >= 0.6 is 11.3 Å². The van der Waals surface area contributed by atoms with Gasteiger partial charge in [0, 0.05) is 17.5 Å². The largest absolute Gasteiger partial charge is 0.389 e. The Balaban J connectivity index is 1.82. The molecule has 21 heavy (non-hydrogen) atoms. The van der Waals surface area contributed by atoms with Crippen molar-refractivity contribution in [3.8, 4) is 0 Å². The van der Waals surface area contributed by atoms with Crippen LogP contribution in [0.1, 0.15) is 18.1 Å². The second-order valence-electron chi connectivity index (χ2n) is 5.74. The van der Waals surface area contributed by atoms with E-state index in [1.165, 1.54) is 22.2 Å². The molecule has 2 aromatic carbocycles. The van der Waals surface area contributed by atoms with E-state index in [2.05, 4.69) is 17.5 Å². The first kappa shape index (κ1) is 14.2. The summed E-state index contributed by atoms with van der Waals surface area (Å²) in [5.41, 5.74) is 1.08. The van der Waals surface area contributed by atoms with Crippen LogP contribution < -0.4 is 0 Å². The van der Waals surface area contributed by atoms with Gasteiger partial charge in [-0.1, -0.05) is 30.3 Å². The fourth-order valence-corrected chi connectivity index (χ4v) is 3.69. The van der Waals surface area contributed by atoms with Gasteiger partial charge in [0.15, 0.2) is 0 Å². The zero-order valence-corrected chi connectivity index (χ0v) is 12.7. The number of benzene rings is 2. The highest BCUT2D eigenvalue weighted by Gasteiger charge is 2.23. The summed E-state index contributed by atoms with van der Waals surface area (Å²) in [5, 5.41) is 14.0. The molecule has 0 spiro atoms. The van der Waals surface area contributed by atoms with Gasteiger partial charge in [-0.3, -0.25) is 0 Å². The SMILES string of the molecule is CC(O)(Cc1cccc(F)c1)Cc1csc2ccccc12. The predicted molar refractivity (Wildman–Crippen MR) is 86.3 cm³/mol. The van der Waals surface area contributed by atoms with Crippen LogP contribution in [-0.4, -0.2) is 10.7 Å². The Morgan fingerprint density at radius 3 is 2.71 bits per heavy atom. The maximum atomic E-state index is 13.2. The molecule has 0 fully saturated rings. The van der Waals surface area contributed by atoms with Crippen LogP contribution in [0.25, 0.3) is 10.1 Å². The van der Waals surface area contributed by atoms with Crippen LogP contribution in [-0.2, 0) is 12.8 Å². The fourth-order valence-electron chi connectivity index (χ4n) is 2.73. The van der Waals surface area contributed by atoms with Crippen LogP contribution in [0.15, 0.2) is 53.9 Å². The second-order valence-corrected chi connectivity index (χ2v) is 6.65. The Kier molecular flexibility index (Phi) is 3.79. The van der Waals surface area contributed by atoms with Gasteiger partial charge in [-0.15, -0.1) is 11.3 Å². The van der Waals surface area contributed by atoms with Gasteiger partial charge in [-0.25, -0.2) is 4.39 Å². The summed E-state index contributed by atoms with van der Waals surface area (Å²) in [6.45, 7) is 1.81. The smallest absolute Gasteiger partial charge is 0.123 e. The molecule has 1 aromatic heterocycles. The van der Waals surface area contributed by atoms with Crippen molar-refractivity contribution in [2.24, 2.45) is 0 Å². The summed E-state index contributed by atoms with van der Waals surface area (Å²) in [4.78, 5) is 0. The third-order valence-corrected chi connectivity index (χ3v) is 4.62. The molecule has 1 heterocycles. The highest BCUT2D eigenvalue weighted by molar-refractivity contribution is 7.17. The van der Waals surface area contributed by atoms with Gasteiger partial charge in [-0.2, -0.15) is 0 Å². The Labute approximate surface area is 127 Å². The summed E-state index contributed by atoms with van der Waals surface area (Å²) < 4.78 is 14.5. The van der Waals surface area contributed by atoms with E-state index in [0.717, 1.165) is 11.1 Å². The minimum absolute atomic E-state index is 0.260. The quantitative estimate of drug-likeness (QED) is 0.748. The van der Waals surface area contributed by atoms with Crippen molar-refractivity contribution in [2.75, 3.05) is 0 Å². The van der Waals surface area contributed by atoms with Crippen molar-refractivity contribution in [2.45, 2.75) is 25.4 Å². The molecule has 0 saturated heterocycles. The summed E-state index contributed by atoms with van der Waals surface area (Å²) in [6, 6.07) is 14.6. The van der Waals surface area contributed by atoms with Gasteiger partial charge in [-0.05, 0) is 47.0 Å². The Hall–Kier alpha value is -1.71. The zero-order valence-electron chi connectivity index (χ0n) is 11.8. The van der Waals surface area contributed by atoms with Crippen LogP contribution in [0.2, 0.25) is 0 Å². The van der Waals surface area contributed by atoms with Crippen molar-refractivity contribution in [1.82, 2.24) is 0 Å². The third kappa shape index (κ3) is 3.31. The van der Waals surface area contributed by atoms with E-state index in [1.807, 2.05) is 25.1 Å². The lowest BCUT2D eigenvalue weighted by molar-refractivity contribution is 0.0612. The zero-order chi connectivity index (χ0) is 14.9. The standard InChI is InChI=1S/C18H17FOS/c1-18(20,10-13-5-4-6-15(19)9-13)11-14-12-21-17-8-3-2-7-16(14)17/h2-9,12,20H,10-11H2,1H3. The summed E-state index contributed by atoms with van der Waals surface area (Å²) in [5.74, 6) is -0.260. The normalized spacial score (nSPS) is 14.2. The summed E-state index contributed by atoms with van der Waals surface area (Å²) >= 11 is 1.69. The van der Waals surface area contributed by atoms with Gasteiger partial charge in [0.1, 0.15) is 5.82 Å². The highest BCUT2D eigenvalue weighted by atomic mass is 32.1. The van der Waals surface area contributed by atoms with Crippen LogP contribution in [0.4, 0.5) is 4.39 Å². The van der Waals surface area contributed by atoms with Gasteiger partial charge >= 0.3 is 0 Å². The van der Waals surface area contributed by atoms with E-state index in [9.17, 15) is 9.50 Å². The van der Waals surface area contributed by atoms with E-state index in [1.54, 1.807) is 17.4 Å². The maximum Gasteiger partial charge on any atom is 0.123 e. The second kappa shape index (κ2) is 5.58. The Bertz CT molecular complexity index is 761. The number of halogens is 1. The molecule has 0 aliphatic heterocycles. The fraction of sp³-hybridized carbons (Fsp3) is 0.222. The topological polar surface area (TPSA) is 20.2 Å². The first-order valence-electron chi connectivity index (χ1n) is 6.95. The number of rotatable bonds is 4. The third-order valence-electron chi connectivity index (χ3n) is 3.61. The van der Waals surface area contributed by atoms with Crippen molar-refractivity contribution in [3.05, 3.63) is 70.9 Å². The lowest BCUT2D eigenvalue weighted by Crippen LogP contribution is -2.30. The van der Waals surface area contributed by atoms with Crippen LogP contribution in [0.5, 0.6) is 0 Å². The average molecular weight is 300 g/mol. The van der Waals surface area contributed by atoms with E-state index in [0.29, 0.717) is 12.8 Å². The molecule has 0 aliphatic rings. The van der Waals surface area contributed by atoms with E-state index in [4.69, 9.17) is 0 Å².